The first-order valence-electron chi connectivity index (χ1n) is 6.96. The largest absolute Gasteiger partial charge is 0.459 e. The van der Waals surface area contributed by atoms with Crippen LogP contribution >= 0.6 is 0 Å². The van der Waals surface area contributed by atoms with E-state index in [0.717, 1.165) is 5.76 Å². The fourth-order valence-electron chi connectivity index (χ4n) is 1.97. The maximum absolute atomic E-state index is 12.0. The van der Waals surface area contributed by atoms with E-state index in [4.69, 9.17) is 13.3 Å². The smallest absolute Gasteiger partial charge is 0.438 e. The van der Waals surface area contributed by atoms with Gasteiger partial charge in [0.1, 0.15) is 11.8 Å². The lowest BCUT2D eigenvalue weighted by Crippen LogP contribution is -2.21. The zero-order chi connectivity index (χ0) is 15.9. The van der Waals surface area contributed by atoms with Crippen molar-refractivity contribution in [3.05, 3.63) is 46.8 Å². The Morgan fingerprint density at radius 3 is 2.64 bits per heavy atom. The quantitative estimate of drug-likeness (QED) is 0.739. The van der Waals surface area contributed by atoms with Crippen molar-refractivity contribution < 1.29 is 13.3 Å². The predicted molar refractivity (Wildman–Crippen MR) is 77.5 cm³/mol. The third kappa shape index (κ3) is 2.49. The Bertz CT molecular complexity index is 818. The fourth-order valence-corrected chi connectivity index (χ4v) is 1.97. The van der Waals surface area contributed by atoms with Gasteiger partial charge in [-0.2, -0.15) is 4.68 Å². The van der Waals surface area contributed by atoms with Gasteiger partial charge in [0.15, 0.2) is 5.76 Å². The zero-order valence-corrected chi connectivity index (χ0v) is 12.9. The number of hydrogen-bond donors (Lipinski definition) is 0. The van der Waals surface area contributed by atoms with Gasteiger partial charge in [-0.15, -0.1) is 5.10 Å². The second-order valence-electron chi connectivity index (χ2n) is 6.08. The molecule has 22 heavy (non-hydrogen) atoms. The molecule has 1 atom stereocenters. The molecule has 0 spiro atoms. The molecule has 0 fully saturated rings. The van der Waals surface area contributed by atoms with Gasteiger partial charge in [0.05, 0.1) is 12.5 Å². The average molecular weight is 303 g/mol. The molecule has 0 aliphatic carbocycles. The Hall–Kier alpha value is -2.57. The molecule has 7 heteroatoms. The molecular formula is C15H17N3O4. The molecule has 3 rings (SSSR count). The van der Waals surface area contributed by atoms with Crippen molar-refractivity contribution >= 4 is 0 Å². The van der Waals surface area contributed by atoms with Crippen LogP contribution in [-0.2, 0) is 5.41 Å². The number of rotatable bonds is 3. The van der Waals surface area contributed by atoms with Gasteiger partial charge in [-0.25, -0.2) is 9.78 Å². The predicted octanol–water partition coefficient (Wildman–Crippen LogP) is 2.99. The molecule has 0 aliphatic heterocycles. The molecule has 3 aromatic rings. The van der Waals surface area contributed by atoms with Crippen LogP contribution in [-0.4, -0.2) is 14.8 Å². The van der Waals surface area contributed by atoms with Crippen LogP contribution in [0.1, 0.15) is 45.4 Å². The second-order valence-corrected chi connectivity index (χ2v) is 6.08. The third-order valence-electron chi connectivity index (χ3n) is 3.29. The lowest BCUT2D eigenvalue weighted by molar-refractivity contribution is 0.339. The summed E-state index contributed by atoms with van der Waals surface area (Å²) in [6.07, 6.45) is 3.16. The first kappa shape index (κ1) is 14.4. The van der Waals surface area contributed by atoms with Gasteiger partial charge in [-0.3, -0.25) is 0 Å². The van der Waals surface area contributed by atoms with E-state index in [-0.39, 0.29) is 11.3 Å². The normalized spacial score (nSPS) is 13.5. The number of oxazole rings is 1. The molecule has 0 saturated heterocycles. The van der Waals surface area contributed by atoms with Crippen LogP contribution in [0.5, 0.6) is 0 Å². The Labute approximate surface area is 126 Å². The number of aromatic nitrogens is 3. The van der Waals surface area contributed by atoms with E-state index in [1.54, 1.807) is 25.3 Å². The lowest BCUT2D eigenvalue weighted by atomic mass is 9.94. The van der Waals surface area contributed by atoms with Crippen LogP contribution in [0.2, 0.25) is 0 Å². The minimum Gasteiger partial charge on any atom is -0.459 e. The minimum absolute atomic E-state index is 0.129. The molecule has 0 bridgehead atoms. The molecule has 0 aromatic carbocycles. The van der Waals surface area contributed by atoms with Crippen molar-refractivity contribution in [3.63, 3.8) is 0 Å². The molecule has 0 amide bonds. The highest BCUT2D eigenvalue weighted by molar-refractivity contribution is 5.42. The Balaban J connectivity index is 1.94. The van der Waals surface area contributed by atoms with E-state index in [9.17, 15) is 4.79 Å². The Kier molecular flexibility index (Phi) is 3.27. The third-order valence-corrected chi connectivity index (χ3v) is 3.29. The summed E-state index contributed by atoms with van der Waals surface area (Å²) >= 11 is 0. The van der Waals surface area contributed by atoms with Gasteiger partial charge >= 0.3 is 5.76 Å². The van der Waals surface area contributed by atoms with Crippen molar-refractivity contribution in [1.29, 1.82) is 0 Å². The highest BCUT2D eigenvalue weighted by atomic mass is 16.4. The van der Waals surface area contributed by atoms with Gasteiger partial charge in [0.25, 0.3) is 5.89 Å². The molecule has 3 heterocycles. The van der Waals surface area contributed by atoms with Crippen molar-refractivity contribution in [1.82, 2.24) is 14.8 Å². The van der Waals surface area contributed by atoms with Crippen LogP contribution in [0.3, 0.4) is 0 Å². The Morgan fingerprint density at radius 1 is 1.27 bits per heavy atom. The average Bonchev–Trinajstić information content (AvgIpc) is 3.17. The SMILES string of the molecule is C[C@H](c1ncc(C(C)(C)C)o1)n1nc(-c2ccco2)oc1=O. The summed E-state index contributed by atoms with van der Waals surface area (Å²) in [5.74, 6) is 1.09. The van der Waals surface area contributed by atoms with Crippen LogP contribution < -0.4 is 5.76 Å². The number of nitrogens with zero attached hydrogens (tertiary/aromatic N) is 3. The Morgan fingerprint density at radius 2 is 2.05 bits per heavy atom. The topological polar surface area (TPSA) is 87.2 Å². The van der Waals surface area contributed by atoms with Crippen LogP contribution in [0.4, 0.5) is 0 Å². The second kappa shape index (κ2) is 5.01. The van der Waals surface area contributed by atoms with Gasteiger partial charge in [-0.05, 0) is 19.1 Å². The van der Waals surface area contributed by atoms with E-state index in [2.05, 4.69) is 10.1 Å². The standard InChI is InChI=1S/C15H17N3O4/c1-9(12-16-8-11(21-12)15(2,3)4)18-14(19)22-13(17-18)10-6-5-7-20-10/h5-9H,1-4H3/t9-/m1/s1. The highest BCUT2D eigenvalue weighted by Crippen LogP contribution is 2.26. The summed E-state index contributed by atoms with van der Waals surface area (Å²) in [5, 5.41) is 4.14. The maximum atomic E-state index is 12.0. The first-order chi connectivity index (χ1) is 10.4. The summed E-state index contributed by atoms with van der Waals surface area (Å²) in [7, 11) is 0. The van der Waals surface area contributed by atoms with E-state index in [0.29, 0.717) is 11.7 Å². The molecule has 3 aromatic heterocycles. The summed E-state index contributed by atoms with van der Waals surface area (Å²) < 4.78 is 17.2. The van der Waals surface area contributed by atoms with Crippen molar-refractivity contribution in [3.8, 4) is 11.7 Å². The van der Waals surface area contributed by atoms with Crippen molar-refractivity contribution in [2.24, 2.45) is 0 Å². The summed E-state index contributed by atoms with van der Waals surface area (Å²) in [6.45, 7) is 7.85. The molecule has 0 N–H and O–H groups in total. The lowest BCUT2D eigenvalue weighted by Gasteiger charge is -2.13. The van der Waals surface area contributed by atoms with Crippen LogP contribution in [0, 0.1) is 0 Å². The molecule has 0 unspecified atom stereocenters. The van der Waals surface area contributed by atoms with E-state index in [1.807, 2.05) is 20.8 Å². The van der Waals surface area contributed by atoms with Crippen molar-refractivity contribution in [2.45, 2.75) is 39.2 Å². The molecule has 0 aliphatic rings. The minimum atomic E-state index is -0.589. The van der Waals surface area contributed by atoms with Gasteiger partial charge in [0.2, 0.25) is 5.89 Å². The highest BCUT2D eigenvalue weighted by Gasteiger charge is 2.25. The van der Waals surface area contributed by atoms with Crippen molar-refractivity contribution in [2.75, 3.05) is 0 Å². The molecule has 116 valence electrons. The zero-order valence-electron chi connectivity index (χ0n) is 12.9. The van der Waals surface area contributed by atoms with E-state index < -0.39 is 11.8 Å². The molecule has 0 radical (unpaired) electrons. The van der Waals surface area contributed by atoms with Gasteiger partial charge < -0.3 is 13.3 Å². The van der Waals surface area contributed by atoms with E-state index >= 15 is 0 Å². The monoisotopic (exact) mass is 303 g/mol. The fraction of sp³-hybridized carbons (Fsp3) is 0.400. The van der Waals surface area contributed by atoms with Gasteiger partial charge in [-0.1, -0.05) is 20.8 Å². The molecular weight excluding hydrogens is 286 g/mol. The van der Waals surface area contributed by atoms with Gasteiger partial charge in [0, 0.05) is 5.41 Å². The maximum Gasteiger partial charge on any atom is 0.438 e. The molecule has 7 nitrogen and oxygen atoms in total. The summed E-state index contributed by atoms with van der Waals surface area (Å²) in [4.78, 5) is 16.2. The summed E-state index contributed by atoms with van der Waals surface area (Å²) in [5.41, 5.74) is -0.154. The first-order valence-corrected chi connectivity index (χ1v) is 6.96. The van der Waals surface area contributed by atoms with Crippen LogP contribution in [0.25, 0.3) is 11.7 Å². The number of hydrogen-bond acceptors (Lipinski definition) is 6. The van der Waals surface area contributed by atoms with Crippen LogP contribution in [0.15, 0.2) is 42.6 Å². The summed E-state index contributed by atoms with van der Waals surface area (Å²) in [6, 6.07) is 2.89. The van der Waals surface area contributed by atoms with E-state index in [1.165, 1.54) is 10.9 Å². The number of furan rings is 1. The molecule has 0 saturated carbocycles.